The molecule has 5 rings (SSSR count). The molecular weight excluding hydrogens is 350 g/mol. The summed E-state index contributed by atoms with van der Waals surface area (Å²) in [6.07, 6.45) is 2.86. The summed E-state index contributed by atoms with van der Waals surface area (Å²) in [5, 5.41) is 0. The number of benzene rings is 2. The molecule has 2 aliphatic carbocycles. The van der Waals surface area contributed by atoms with E-state index < -0.39 is 18.2 Å². The normalized spacial score (nSPS) is 23.0. The van der Waals surface area contributed by atoms with Crippen LogP contribution in [0.3, 0.4) is 0 Å². The van der Waals surface area contributed by atoms with Crippen LogP contribution in [-0.2, 0) is 19.8 Å². The fourth-order valence-corrected chi connectivity index (χ4v) is 5.06. The smallest absolute Gasteiger partial charge is 0.200 e. The molecule has 0 N–H and O–H groups in total. The molecule has 1 saturated carbocycles. The SMILES string of the molecule is [2H]C1([2H])c2ccc(-c3c[n+](C)c(-c4ccccc4C)cc3C)cc2C([2H])([2H])C12CCCCC2. The molecule has 1 heterocycles. The number of rotatable bonds is 2. The summed E-state index contributed by atoms with van der Waals surface area (Å²) in [6, 6.07) is 16.3. The van der Waals surface area contributed by atoms with E-state index in [0.29, 0.717) is 24.0 Å². The molecule has 1 heteroatoms. The van der Waals surface area contributed by atoms with E-state index in [0.717, 1.165) is 41.6 Å². The van der Waals surface area contributed by atoms with Crippen LogP contribution in [0.4, 0.5) is 0 Å². The Morgan fingerprint density at radius 1 is 0.828 bits per heavy atom. The predicted octanol–water partition coefficient (Wildman–Crippen LogP) is 6.51. The van der Waals surface area contributed by atoms with E-state index in [4.69, 9.17) is 5.48 Å². The van der Waals surface area contributed by atoms with Crippen LogP contribution < -0.4 is 4.57 Å². The molecule has 3 aromatic rings. The standard InChI is InChI=1S/C28H32N/c1-20-9-5-6-10-25(20)27-15-21(2)26(19-29(27)3)22-11-12-23-17-28(18-24(23)16-22)13-7-4-8-14-28/h5-6,9-12,15-16,19H,4,7-8,13-14,17-18H2,1-3H3/q+1/i17D2,18D2. The molecule has 2 aromatic carbocycles. The molecule has 0 atom stereocenters. The zero-order valence-electron chi connectivity index (χ0n) is 21.7. The van der Waals surface area contributed by atoms with Crippen molar-refractivity contribution in [1.82, 2.24) is 0 Å². The largest absolute Gasteiger partial charge is 0.212 e. The van der Waals surface area contributed by atoms with Gasteiger partial charge in [-0.1, -0.05) is 55.7 Å². The number of pyridine rings is 1. The van der Waals surface area contributed by atoms with Gasteiger partial charge < -0.3 is 0 Å². The lowest BCUT2D eigenvalue weighted by Crippen LogP contribution is -2.31. The van der Waals surface area contributed by atoms with E-state index in [2.05, 4.69) is 54.9 Å². The number of fused-ring (bicyclic) bond motifs is 1. The van der Waals surface area contributed by atoms with E-state index in [1.807, 2.05) is 25.2 Å². The molecule has 1 aromatic heterocycles. The summed E-state index contributed by atoms with van der Waals surface area (Å²) in [5.41, 5.74) is 6.81. The van der Waals surface area contributed by atoms with Gasteiger partial charge in [0, 0.05) is 22.7 Å². The van der Waals surface area contributed by atoms with Crippen molar-refractivity contribution in [2.24, 2.45) is 12.5 Å². The van der Waals surface area contributed by atoms with Gasteiger partial charge in [0.1, 0.15) is 7.05 Å². The lowest BCUT2D eigenvalue weighted by atomic mass is 9.72. The second-order valence-electron chi connectivity index (χ2n) is 8.83. The maximum Gasteiger partial charge on any atom is 0.212 e. The maximum absolute atomic E-state index is 9.11. The Labute approximate surface area is 181 Å². The van der Waals surface area contributed by atoms with Crippen LogP contribution in [0.25, 0.3) is 22.4 Å². The van der Waals surface area contributed by atoms with E-state index in [1.165, 1.54) is 11.1 Å². The van der Waals surface area contributed by atoms with E-state index in [-0.39, 0.29) is 0 Å². The van der Waals surface area contributed by atoms with E-state index >= 15 is 0 Å². The minimum Gasteiger partial charge on any atom is -0.200 e. The molecule has 0 amide bonds. The highest BCUT2D eigenvalue weighted by molar-refractivity contribution is 5.70. The van der Waals surface area contributed by atoms with E-state index in [9.17, 15) is 0 Å². The summed E-state index contributed by atoms with van der Waals surface area (Å²) in [6.45, 7) is 4.22. The summed E-state index contributed by atoms with van der Waals surface area (Å²) >= 11 is 0. The maximum atomic E-state index is 9.11. The van der Waals surface area contributed by atoms with Gasteiger partial charge in [-0.3, -0.25) is 0 Å². The van der Waals surface area contributed by atoms with Crippen molar-refractivity contribution in [2.75, 3.05) is 0 Å². The fourth-order valence-electron chi connectivity index (χ4n) is 5.06. The number of aromatic nitrogens is 1. The highest BCUT2D eigenvalue weighted by Crippen LogP contribution is 2.48. The van der Waals surface area contributed by atoms with Gasteiger partial charge in [-0.2, -0.15) is 0 Å². The van der Waals surface area contributed by atoms with Gasteiger partial charge in [-0.05, 0) is 78.7 Å². The molecule has 0 saturated heterocycles. The van der Waals surface area contributed by atoms with Gasteiger partial charge in [0.25, 0.3) is 0 Å². The Morgan fingerprint density at radius 3 is 2.38 bits per heavy atom. The number of hydrogen-bond acceptors (Lipinski definition) is 0. The van der Waals surface area contributed by atoms with Crippen molar-refractivity contribution in [3.8, 4) is 22.4 Å². The third-order valence-corrected chi connectivity index (χ3v) is 6.69. The van der Waals surface area contributed by atoms with Crippen molar-refractivity contribution in [1.29, 1.82) is 0 Å². The van der Waals surface area contributed by atoms with Gasteiger partial charge in [-0.25, -0.2) is 4.57 Å². The Hall–Kier alpha value is -2.41. The molecule has 0 aliphatic heterocycles. The Bertz CT molecular complexity index is 1240. The summed E-state index contributed by atoms with van der Waals surface area (Å²) in [4.78, 5) is 0. The van der Waals surface area contributed by atoms with Gasteiger partial charge >= 0.3 is 0 Å². The first-order chi connectivity index (χ1) is 15.6. The molecule has 0 radical (unpaired) electrons. The second kappa shape index (κ2) is 7.13. The van der Waals surface area contributed by atoms with E-state index in [1.54, 1.807) is 0 Å². The zero-order chi connectivity index (χ0) is 23.6. The van der Waals surface area contributed by atoms with Crippen molar-refractivity contribution in [3.63, 3.8) is 0 Å². The highest BCUT2D eigenvalue weighted by atomic mass is 14.9. The second-order valence-corrected chi connectivity index (χ2v) is 8.83. The molecular formula is C28H32N+. The first-order valence-corrected chi connectivity index (χ1v) is 10.8. The minimum atomic E-state index is -1.68. The third kappa shape index (κ3) is 3.31. The van der Waals surface area contributed by atoms with Crippen molar-refractivity contribution < 1.29 is 10.1 Å². The van der Waals surface area contributed by atoms with Crippen LogP contribution in [0.2, 0.25) is 0 Å². The monoisotopic (exact) mass is 386 g/mol. The molecule has 1 fully saturated rings. The molecule has 1 spiro atoms. The van der Waals surface area contributed by atoms with Gasteiger partial charge in [0.2, 0.25) is 5.69 Å². The molecule has 29 heavy (non-hydrogen) atoms. The first-order valence-electron chi connectivity index (χ1n) is 12.8. The van der Waals surface area contributed by atoms with Crippen LogP contribution in [0.5, 0.6) is 0 Å². The third-order valence-electron chi connectivity index (χ3n) is 6.69. The number of hydrogen-bond donors (Lipinski definition) is 0. The van der Waals surface area contributed by atoms with Crippen LogP contribution in [0.15, 0.2) is 54.7 Å². The number of aryl methyl sites for hydroxylation is 3. The number of nitrogens with zero attached hydrogens (tertiary/aromatic N) is 1. The van der Waals surface area contributed by atoms with Crippen LogP contribution in [-0.4, -0.2) is 0 Å². The molecule has 0 bridgehead atoms. The lowest BCUT2D eigenvalue weighted by Gasteiger charge is -2.33. The summed E-state index contributed by atoms with van der Waals surface area (Å²) in [7, 11) is 2.05. The van der Waals surface area contributed by atoms with Gasteiger partial charge in [0.15, 0.2) is 6.20 Å². The van der Waals surface area contributed by atoms with Gasteiger partial charge in [0.05, 0.1) is 0 Å². The van der Waals surface area contributed by atoms with Crippen LogP contribution in [0, 0.1) is 19.3 Å². The van der Waals surface area contributed by atoms with Crippen molar-refractivity contribution in [2.45, 2.75) is 58.7 Å². The predicted molar refractivity (Wildman–Crippen MR) is 121 cm³/mol. The van der Waals surface area contributed by atoms with Gasteiger partial charge in [-0.15, -0.1) is 0 Å². The Morgan fingerprint density at radius 2 is 1.59 bits per heavy atom. The first kappa shape index (κ1) is 14.6. The highest BCUT2D eigenvalue weighted by Gasteiger charge is 2.38. The average molecular weight is 387 g/mol. The molecule has 0 unspecified atom stereocenters. The average Bonchev–Trinajstić information content (AvgIpc) is 2.91. The minimum absolute atomic E-state index is 0.539. The molecule has 1 nitrogen and oxygen atoms in total. The van der Waals surface area contributed by atoms with Crippen molar-refractivity contribution >= 4 is 0 Å². The zero-order valence-corrected chi connectivity index (χ0v) is 17.7. The molecule has 2 aliphatic rings. The summed E-state index contributed by atoms with van der Waals surface area (Å²) < 4.78 is 38.3. The molecule has 148 valence electrons. The van der Waals surface area contributed by atoms with Crippen molar-refractivity contribution in [3.05, 3.63) is 77.0 Å². The summed E-state index contributed by atoms with van der Waals surface area (Å²) in [5.74, 6) is 0. The van der Waals surface area contributed by atoms with Crippen LogP contribution in [0.1, 0.15) is 59.8 Å². The lowest BCUT2D eigenvalue weighted by molar-refractivity contribution is -0.660. The topological polar surface area (TPSA) is 3.88 Å². The quantitative estimate of drug-likeness (QED) is 0.442. The Kier molecular flexibility index (Phi) is 3.58. The van der Waals surface area contributed by atoms with Crippen LogP contribution >= 0.6 is 0 Å². The Balaban J connectivity index is 1.63. The fraction of sp³-hybridized carbons (Fsp3) is 0.393.